The summed E-state index contributed by atoms with van der Waals surface area (Å²) in [6, 6.07) is 7.60. The van der Waals surface area contributed by atoms with Crippen molar-refractivity contribution in [3.8, 4) is 0 Å². The molecule has 0 saturated carbocycles. The van der Waals surface area contributed by atoms with Crippen LogP contribution in [0.2, 0.25) is 0 Å². The third kappa shape index (κ3) is 5.19. The van der Waals surface area contributed by atoms with Gasteiger partial charge in [-0.25, -0.2) is 9.79 Å². The Morgan fingerprint density at radius 1 is 1.26 bits per heavy atom. The van der Waals surface area contributed by atoms with Gasteiger partial charge in [-0.1, -0.05) is 36.0 Å². The minimum atomic E-state index is -0.386. The number of fused-ring (bicyclic) bond motifs is 1. The van der Waals surface area contributed by atoms with Crippen LogP contribution in [-0.4, -0.2) is 60.6 Å². The van der Waals surface area contributed by atoms with Gasteiger partial charge in [0, 0.05) is 18.8 Å². The number of carbonyl (C=O) groups is 2. The van der Waals surface area contributed by atoms with Crippen molar-refractivity contribution in [2.24, 2.45) is 4.99 Å². The Labute approximate surface area is 188 Å². The summed E-state index contributed by atoms with van der Waals surface area (Å²) in [6.45, 7) is 7.31. The quantitative estimate of drug-likeness (QED) is 0.624. The second kappa shape index (κ2) is 10.2. The maximum Gasteiger partial charge on any atom is 0.338 e. The van der Waals surface area contributed by atoms with E-state index in [9.17, 15) is 9.59 Å². The first-order valence-corrected chi connectivity index (χ1v) is 11.3. The van der Waals surface area contributed by atoms with Crippen molar-refractivity contribution in [2.75, 3.05) is 33.8 Å². The molecule has 1 aromatic carbocycles. The molecule has 166 valence electrons. The maximum atomic E-state index is 12.9. The normalized spacial score (nSPS) is 18.0. The van der Waals surface area contributed by atoms with Crippen molar-refractivity contribution in [2.45, 2.75) is 33.2 Å². The summed E-state index contributed by atoms with van der Waals surface area (Å²) in [4.78, 5) is 34.2. The number of nitrogens with one attached hydrogen (secondary N) is 1. The highest BCUT2D eigenvalue weighted by Gasteiger charge is 2.41. The molecule has 0 saturated heterocycles. The molecule has 0 fully saturated rings. The summed E-state index contributed by atoms with van der Waals surface area (Å²) in [7, 11) is 3.94. The lowest BCUT2D eigenvalue weighted by molar-refractivity contribution is -0.139. The second-order valence-corrected chi connectivity index (χ2v) is 8.64. The van der Waals surface area contributed by atoms with Crippen LogP contribution in [-0.2, 0) is 14.3 Å². The molecule has 0 aliphatic carbocycles. The Bertz CT molecular complexity index is 952. The first-order valence-electron chi connectivity index (χ1n) is 10.4. The Morgan fingerprint density at radius 2 is 2.00 bits per heavy atom. The summed E-state index contributed by atoms with van der Waals surface area (Å²) in [5.41, 5.74) is 4.05. The predicted octanol–water partition coefficient (Wildman–Crippen LogP) is 3.20. The summed E-state index contributed by atoms with van der Waals surface area (Å²) in [5, 5.41) is 5.69. The average molecular weight is 443 g/mol. The monoisotopic (exact) mass is 442 g/mol. The number of hydrogen-bond acceptors (Lipinski definition) is 7. The van der Waals surface area contributed by atoms with E-state index in [-0.39, 0.29) is 24.3 Å². The van der Waals surface area contributed by atoms with E-state index in [4.69, 9.17) is 4.74 Å². The number of hydrogen-bond donors (Lipinski definition) is 1. The number of benzene rings is 1. The zero-order valence-corrected chi connectivity index (χ0v) is 19.6. The number of allylic oxidation sites excluding steroid dienone is 1. The van der Waals surface area contributed by atoms with Crippen molar-refractivity contribution in [3.63, 3.8) is 0 Å². The van der Waals surface area contributed by atoms with E-state index in [2.05, 4.69) is 10.3 Å². The fraction of sp³-hybridized carbons (Fsp3) is 0.435. The van der Waals surface area contributed by atoms with Crippen LogP contribution in [0, 0.1) is 6.92 Å². The van der Waals surface area contributed by atoms with E-state index in [1.165, 1.54) is 11.8 Å². The third-order valence-corrected chi connectivity index (χ3v) is 6.09. The van der Waals surface area contributed by atoms with Crippen LogP contribution < -0.4 is 5.32 Å². The lowest BCUT2D eigenvalue weighted by atomic mass is 9.91. The maximum absolute atomic E-state index is 12.9. The van der Waals surface area contributed by atoms with Crippen LogP contribution in [0.3, 0.4) is 0 Å². The molecular weight excluding hydrogens is 412 g/mol. The van der Waals surface area contributed by atoms with Gasteiger partial charge in [0.05, 0.1) is 30.3 Å². The molecule has 1 aromatic rings. The van der Waals surface area contributed by atoms with Gasteiger partial charge >= 0.3 is 5.97 Å². The van der Waals surface area contributed by atoms with Crippen LogP contribution in [0.4, 0.5) is 0 Å². The topological polar surface area (TPSA) is 74.2 Å². The first-order chi connectivity index (χ1) is 14.8. The van der Waals surface area contributed by atoms with Gasteiger partial charge in [0.25, 0.3) is 0 Å². The Kier molecular flexibility index (Phi) is 7.56. The van der Waals surface area contributed by atoms with E-state index in [0.717, 1.165) is 28.5 Å². The highest BCUT2D eigenvalue weighted by molar-refractivity contribution is 8.16. The molecule has 1 N–H and O–H groups in total. The van der Waals surface area contributed by atoms with Crippen LogP contribution in [0.5, 0.6) is 0 Å². The van der Waals surface area contributed by atoms with E-state index in [1.54, 1.807) is 6.92 Å². The predicted molar refractivity (Wildman–Crippen MR) is 124 cm³/mol. The van der Waals surface area contributed by atoms with Gasteiger partial charge in [-0.2, -0.15) is 0 Å². The number of nitrogens with zero attached hydrogens (tertiary/aromatic N) is 3. The molecule has 0 bridgehead atoms. The molecule has 0 radical (unpaired) electrons. The van der Waals surface area contributed by atoms with E-state index < -0.39 is 0 Å². The molecule has 8 heteroatoms. The summed E-state index contributed by atoms with van der Waals surface area (Å²) < 4.78 is 5.38. The number of amides is 1. The molecule has 3 rings (SSSR count). The van der Waals surface area contributed by atoms with Crippen LogP contribution in [0.1, 0.15) is 37.4 Å². The number of aliphatic imine (C=N–C) groups is 1. The number of esters is 1. The zero-order valence-electron chi connectivity index (χ0n) is 18.8. The number of rotatable bonds is 8. The Hall–Kier alpha value is -2.58. The molecule has 1 atom stereocenters. The number of thioether (sulfide) groups is 1. The van der Waals surface area contributed by atoms with Crippen molar-refractivity contribution < 1.29 is 14.3 Å². The largest absolute Gasteiger partial charge is 0.463 e. The molecule has 2 aliphatic heterocycles. The molecule has 2 aliphatic rings. The fourth-order valence-electron chi connectivity index (χ4n) is 3.67. The van der Waals surface area contributed by atoms with E-state index in [0.29, 0.717) is 24.4 Å². The number of likely N-dealkylation sites (N-methyl/N-ethyl adjacent to an activating group) is 1. The van der Waals surface area contributed by atoms with Crippen molar-refractivity contribution in [3.05, 3.63) is 57.8 Å². The van der Waals surface area contributed by atoms with Crippen LogP contribution >= 0.6 is 11.8 Å². The lowest BCUT2D eigenvalue weighted by Crippen LogP contribution is -2.39. The van der Waals surface area contributed by atoms with Gasteiger partial charge in [0.2, 0.25) is 5.91 Å². The standard InChI is InChI=1S/C23H30N4O3S/c1-6-30-22(29)20-16(3)25-23-27(21(20)18-10-8-7-9-15(18)2)17(14-31-23)13-19(28)24-11-12-26(4)5/h7-10,14,21H,6,11-13H2,1-5H3,(H,24,28)/t21-/m0/s1. The fourth-order valence-corrected chi connectivity index (χ4v) is 4.64. The van der Waals surface area contributed by atoms with Gasteiger partial charge in [0.1, 0.15) is 0 Å². The summed E-state index contributed by atoms with van der Waals surface area (Å²) in [6.07, 6.45) is 0.219. The molecular formula is C23H30N4O3S. The summed E-state index contributed by atoms with van der Waals surface area (Å²) >= 11 is 1.48. The number of aryl methyl sites for hydroxylation is 1. The molecule has 0 aromatic heterocycles. The number of amidine groups is 1. The minimum Gasteiger partial charge on any atom is -0.463 e. The number of ether oxygens (including phenoxy) is 1. The van der Waals surface area contributed by atoms with Gasteiger partial charge in [-0.15, -0.1) is 0 Å². The van der Waals surface area contributed by atoms with Crippen LogP contribution in [0.25, 0.3) is 0 Å². The van der Waals surface area contributed by atoms with Gasteiger partial charge < -0.3 is 19.9 Å². The van der Waals surface area contributed by atoms with E-state index >= 15 is 0 Å². The first kappa shape index (κ1) is 23.1. The SMILES string of the molecule is CCOC(=O)C1=C(C)N=C2SC=C(CC(=O)NCCN(C)C)N2[C@H]1c1ccccc1C. The zero-order chi connectivity index (χ0) is 22.5. The third-order valence-electron chi connectivity index (χ3n) is 5.20. The Morgan fingerprint density at radius 3 is 2.68 bits per heavy atom. The van der Waals surface area contributed by atoms with Gasteiger partial charge in [-0.05, 0) is 51.4 Å². The average Bonchev–Trinajstić information content (AvgIpc) is 3.09. The smallest absolute Gasteiger partial charge is 0.338 e. The molecule has 0 unspecified atom stereocenters. The van der Waals surface area contributed by atoms with Crippen molar-refractivity contribution in [1.82, 2.24) is 15.1 Å². The Balaban J connectivity index is 1.94. The molecule has 31 heavy (non-hydrogen) atoms. The highest BCUT2D eigenvalue weighted by atomic mass is 32.2. The van der Waals surface area contributed by atoms with Crippen molar-refractivity contribution >= 4 is 28.8 Å². The summed E-state index contributed by atoms with van der Waals surface area (Å²) in [5.74, 6) is -0.426. The lowest BCUT2D eigenvalue weighted by Gasteiger charge is -2.37. The molecule has 2 heterocycles. The number of carbonyl (C=O) groups excluding carboxylic acids is 2. The second-order valence-electron chi connectivity index (χ2n) is 7.80. The molecule has 1 amide bonds. The highest BCUT2D eigenvalue weighted by Crippen LogP contribution is 2.45. The van der Waals surface area contributed by atoms with Gasteiger partial charge in [-0.3, -0.25) is 4.79 Å². The van der Waals surface area contributed by atoms with Gasteiger partial charge in [0.15, 0.2) is 5.17 Å². The van der Waals surface area contributed by atoms with Crippen LogP contribution in [0.15, 0.2) is 51.6 Å². The molecule has 7 nitrogen and oxygen atoms in total. The minimum absolute atomic E-state index is 0.0533. The van der Waals surface area contributed by atoms with Crippen molar-refractivity contribution in [1.29, 1.82) is 0 Å². The molecule has 0 spiro atoms. The van der Waals surface area contributed by atoms with E-state index in [1.807, 2.05) is 67.4 Å².